The Bertz CT molecular complexity index is 4.85. The number of rotatable bonds is 0. The molecule has 0 bridgehead atoms. The number of hydrogen-bond acceptors (Lipinski definition) is 0. The summed E-state index contributed by atoms with van der Waals surface area (Å²) in [6.45, 7) is 0. The van der Waals surface area contributed by atoms with E-state index in [1.165, 1.54) is 0 Å². The molecule has 0 aliphatic carbocycles. The summed E-state index contributed by atoms with van der Waals surface area (Å²) in [5.41, 5.74) is 0. The Hall–Kier alpha value is 2.18. The molecule has 0 heterocycles. The standard InChI is InChI=1S/3Ni.2H2S/h;;;2*1H2. The molecular formula is H4Ni3S2. The molecule has 0 aromatic heterocycles. The molecular weight excluding hydrogens is 240 g/mol. The average Bonchev–Trinajstić information content (AvgIpc) is 0. The van der Waals surface area contributed by atoms with Crippen LogP contribution in [0.15, 0.2) is 0 Å². The van der Waals surface area contributed by atoms with Crippen molar-refractivity contribution in [2.45, 2.75) is 0 Å². The summed E-state index contributed by atoms with van der Waals surface area (Å²) in [4.78, 5) is 0. The maximum atomic E-state index is 0. The fraction of sp³-hybridized carbons (Fsp3) is 0. The predicted octanol–water partition coefficient (Wildman–Crippen LogP) is 0.218. The Morgan fingerprint density at radius 3 is 0.400 bits per heavy atom. The van der Waals surface area contributed by atoms with E-state index in [0.29, 0.717) is 0 Å². The Labute approximate surface area is 75.9 Å². The summed E-state index contributed by atoms with van der Waals surface area (Å²) in [7, 11) is 0. The van der Waals surface area contributed by atoms with E-state index in [0.717, 1.165) is 0 Å². The summed E-state index contributed by atoms with van der Waals surface area (Å²) in [6.07, 6.45) is 0. The first-order valence-electron chi connectivity index (χ1n) is 0. The van der Waals surface area contributed by atoms with Crippen molar-refractivity contribution in [1.29, 1.82) is 0 Å². The van der Waals surface area contributed by atoms with Gasteiger partial charge in [-0.1, -0.05) is 0 Å². The Balaban J connectivity index is 0. The van der Waals surface area contributed by atoms with Crippen LogP contribution in [0.4, 0.5) is 0 Å². The third kappa shape index (κ3) is 22.7. The van der Waals surface area contributed by atoms with Gasteiger partial charge in [-0.15, -0.1) is 0 Å². The minimum absolute atomic E-state index is 0. The molecule has 0 saturated heterocycles. The molecule has 0 spiro atoms. The molecule has 5 heavy (non-hydrogen) atoms. The van der Waals surface area contributed by atoms with Crippen LogP contribution in [0.2, 0.25) is 0 Å². The van der Waals surface area contributed by atoms with Crippen LogP contribution in [0.1, 0.15) is 0 Å². The van der Waals surface area contributed by atoms with Crippen LogP contribution in [-0.4, -0.2) is 0 Å². The Kier molecular flexibility index (Phi) is 403. The van der Waals surface area contributed by atoms with Gasteiger partial charge >= 0.3 is 0 Å². The molecule has 0 saturated carbocycles. The molecule has 0 aliphatic rings. The van der Waals surface area contributed by atoms with Gasteiger partial charge in [0.25, 0.3) is 0 Å². The molecule has 0 amide bonds. The topological polar surface area (TPSA) is 0 Å². The van der Waals surface area contributed by atoms with Crippen LogP contribution in [-0.2, 0) is 49.5 Å². The van der Waals surface area contributed by atoms with Crippen LogP contribution in [0, 0.1) is 0 Å². The van der Waals surface area contributed by atoms with Crippen LogP contribution < -0.4 is 0 Å². The van der Waals surface area contributed by atoms with Crippen molar-refractivity contribution in [3.8, 4) is 0 Å². The van der Waals surface area contributed by atoms with E-state index in [1.54, 1.807) is 0 Å². The van der Waals surface area contributed by atoms with E-state index in [9.17, 15) is 0 Å². The quantitative estimate of drug-likeness (QED) is 0.535. The monoisotopic (exact) mass is 242 g/mol. The third-order valence-corrected chi connectivity index (χ3v) is 0. The maximum absolute atomic E-state index is 0. The SMILES string of the molecule is S.S.[Ni].[Ni].[Ni]. The van der Waals surface area contributed by atoms with Crippen molar-refractivity contribution in [1.82, 2.24) is 0 Å². The minimum Gasteiger partial charge on any atom is -0.197 e. The van der Waals surface area contributed by atoms with Crippen molar-refractivity contribution in [3.05, 3.63) is 0 Å². The van der Waals surface area contributed by atoms with Crippen LogP contribution in [0.25, 0.3) is 0 Å². The summed E-state index contributed by atoms with van der Waals surface area (Å²) < 4.78 is 0. The van der Waals surface area contributed by atoms with Gasteiger partial charge in [-0.25, -0.2) is 0 Å². The van der Waals surface area contributed by atoms with Gasteiger partial charge in [0, 0.05) is 49.5 Å². The van der Waals surface area contributed by atoms with E-state index in [2.05, 4.69) is 0 Å². The second-order valence-electron chi connectivity index (χ2n) is 0. The summed E-state index contributed by atoms with van der Waals surface area (Å²) in [6, 6.07) is 0. The van der Waals surface area contributed by atoms with E-state index >= 15 is 0 Å². The van der Waals surface area contributed by atoms with Gasteiger partial charge in [0.15, 0.2) is 0 Å². The molecule has 0 aromatic carbocycles. The van der Waals surface area contributed by atoms with Gasteiger partial charge < -0.3 is 0 Å². The fourth-order valence-corrected chi connectivity index (χ4v) is 0. The normalized spacial score (nSPS) is 0. The second-order valence-corrected chi connectivity index (χ2v) is 0. The first-order valence-corrected chi connectivity index (χ1v) is 0. The summed E-state index contributed by atoms with van der Waals surface area (Å²) in [5, 5.41) is 0. The second kappa shape index (κ2) is 34.9. The first kappa shape index (κ1) is 57.7. The zero-order chi connectivity index (χ0) is 0. The van der Waals surface area contributed by atoms with E-state index in [4.69, 9.17) is 0 Å². The fourth-order valence-electron chi connectivity index (χ4n) is 0. The molecule has 0 unspecified atom stereocenters. The third-order valence-electron chi connectivity index (χ3n) is 0. The summed E-state index contributed by atoms with van der Waals surface area (Å²) in [5.74, 6) is 0. The molecule has 0 aliphatic heterocycles. The zero-order valence-corrected chi connectivity index (χ0v) is 6.91. The van der Waals surface area contributed by atoms with Crippen LogP contribution in [0.5, 0.6) is 0 Å². The average molecular weight is 244 g/mol. The van der Waals surface area contributed by atoms with Gasteiger partial charge in [0.05, 0.1) is 0 Å². The largest absolute Gasteiger partial charge is 0.197 e. The molecule has 0 atom stereocenters. The van der Waals surface area contributed by atoms with E-state index < -0.39 is 0 Å². The Morgan fingerprint density at radius 1 is 0.400 bits per heavy atom. The van der Waals surface area contributed by atoms with Gasteiger partial charge in [0.1, 0.15) is 0 Å². The molecule has 0 N–H and O–H groups in total. The molecule has 5 heteroatoms. The zero-order valence-electron chi connectivity index (χ0n) is 1.95. The van der Waals surface area contributed by atoms with Gasteiger partial charge in [-0.3, -0.25) is 0 Å². The molecule has 0 aromatic rings. The van der Waals surface area contributed by atoms with Crippen molar-refractivity contribution in [3.63, 3.8) is 0 Å². The predicted molar refractivity (Wildman–Crippen MR) is 20.8 cm³/mol. The molecule has 46 valence electrons. The van der Waals surface area contributed by atoms with Crippen molar-refractivity contribution in [2.75, 3.05) is 0 Å². The van der Waals surface area contributed by atoms with Crippen molar-refractivity contribution in [2.24, 2.45) is 0 Å². The van der Waals surface area contributed by atoms with Gasteiger partial charge in [-0.2, -0.15) is 27.0 Å². The van der Waals surface area contributed by atoms with E-state index in [-0.39, 0.29) is 76.5 Å². The molecule has 0 radical (unpaired) electrons. The molecule has 0 fully saturated rings. The van der Waals surface area contributed by atoms with Crippen LogP contribution >= 0.6 is 27.0 Å². The van der Waals surface area contributed by atoms with Crippen molar-refractivity contribution < 1.29 is 49.5 Å². The summed E-state index contributed by atoms with van der Waals surface area (Å²) >= 11 is 0. The Morgan fingerprint density at radius 2 is 0.400 bits per heavy atom. The van der Waals surface area contributed by atoms with Gasteiger partial charge in [-0.05, 0) is 0 Å². The molecule has 0 rings (SSSR count). The smallest absolute Gasteiger partial charge is 0 e. The van der Waals surface area contributed by atoms with Gasteiger partial charge in [0.2, 0.25) is 0 Å². The van der Waals surface area contributed by atoms with Crippen molar-refractivity contribution >= 4 is 27.0 Å². The maximum Gasteiger partial charge on any atom is 0 e. The molecule has 0 nitrogen and oxygen atoms in total. The first-order chi connectivity index (χ1) is 0. The van der Waals surface area contributed by atoms with Crippen LogP contribution in [0.3, 0.4) is 0 Å². The number of hydrogen-bond donors (Lipinski definition) is 0. The van der Waals surface area contributed by atoms with E-state index in [1.807, 2.05) is 0 Å². The minimum atomic E-state index is 0.